The molecule has 89 heavy (non-hydrogen) atoms. The van der Waals surface area contributed by atoms with E-state index in [0.29, 0.717) is 5.95 Å². The summed E-state index contributed by atoms with van der Waals surface area (Å²) in [6.45, 7) is 0. The van der Waals surface area contributed by atoms with Gasteiger partial charge in [0.15, 0.2) is 0 Å². The van der Waals surface area contributed by atoms with Crippen LogP contribution in [0.15, 0.2) is 385 Å². The fraction of sp³-hybridized carbons (Fsp3) is 0. The quantitative estimate of drug-likeness (QED) is 0.122. The third-order valence-electron chi connectivity index (χ3n) is 17.7. The van der Waals surface area contributed by atoms with Crippen LogP contribution in [0.3, 0.4) is 0 Å². The fourth-order valence-corrected chi connectivity index (χ4v) is 21.7. The largest absolute Gasteiger partial charge is 0.309 e. The lowest BCUT2D eigenvalue weighted by atomic mass is 10.1. The second-order valence-corrected chi connectivity index (χ2v) is 28.7. The van der Waals surface area contributed by atoms with Crippen LogP contribution in [-0.4, -0.2) is 23.7 Å². The van der Waals surface area contributed by atoms with Crippen LogP contribution in [0.4, 0.5) is 0 Å². The monoisotopic (exact) mass is 1180 g/mol. The van der Waals surface area contributed by atoms with E-state index in [-0.39, 0.29) is 0 Å². The zero-order chi connectivity index (χ0) is 58.9. The highest BCUT2D eigenvalue weighted by Gasteiger charge is 2.36. The van der Waals surface area contributed by atoms with Gasteiger partial charge >= 0.3 is 0 Å². The van der Waals surface area contributed by atoms with Gasteiger partial charge in [0.2, 0.25) is 5.95 Å². The number of hydrogen-bond donors (Lipinski definition) is 0. The number of benzene rings is 13. The summed E-state index contributed by atoms with van der Waals surface area (Å²) in [5, 5.41) is 6.87. The molecule has 0 radical (unpaired) electrons. The van der Waals surface area contributed by atoms with E-state index in [1.807, 2.05) is 0 Å². The molecule has 0 aliphatic heterocycles. The van der Waals surface area contributed by atoms with E-state index in [1.165, 1.54) is 39.2 Å². The molecular formula is C82H57N5S2. The van der Waals surface area contributed by atoms with Crippen molar-refractivity contribution in [3.05, 3.63) is 346 Å². The van der Waals surface area contributed by atoms with E-state index in [4.69, 9.17) is 9.97 Å². The molecule has 17 aromatic rings. The lowest BCUT2D eigenvalue weighted by Crippen LogP contribution is -2.08. The molecule has 7 heteroatoms. The predicted molar refractivity (Wildman–Crippen MR) is 370 cm³/mol. The van der Waals surface area contributed by atoms with E-state index in [9.17, 15) is 0 Å². The van der Waals surface area contributed by atoms with E-state index in [0.717, 1.165) is 88.2 Å². The Labute approximate surface area is 519 Å². The number of hydrogen-bond acceptors (Lipinski definition) is 2. The first-order valence-electron chi connectivity index (χ1n) is 30.2. The van der Waals surface area contributed by atoms with Crippen LogP contribution >= 0.6 is 20.1 Å². The van der Waals surface area contributed by atoms with Crippen LogP contribution in [0.1, 0.15) is 0 Å². The maximum atomic E-state index is 5.90. The van der Waals surface area contributed by atoms with Gasteiger partial charge in [-0.15, -0.1) is 20.1 Å². The minimum Gasteiger partial charge on any atom is -0.309 e. The smallest absolute Gasteiger partial charge is 0.237 e. The van der Waals surface area contributed by atoms with Crippen molar-refractivity contribution in [3.63, 3.8) is 0 Å². The van der Waals surface area contributed by atoms with Crippen LogP contribution in [0.2, 0.25) is 0 Å². The molecule has 0 N–H and O–H groups in total. The highest BCUT2D eigenvalue weighted by Crippen LogP contribution is 2.75. The summed E-state index contributed by atoms with van der Waals surface area (Å²) in [6.07, 6.45) is 0. The van der Waals surface area contributed by atoms with Gasteiger partial charge in [-0.2, -0.15) is 4.98 Å². The Kier molecular flexibility index (Phi) is 12.6. The maximum absolute atomic E-state index is 5.90. The van der Waals surface area contributed by atoms with Crippen molar-refractivity contribution < 1.29 is 0 Å². The summed E-state index contributed by atoms with van der Waals surface area (Å²) in [4.78, 5) is 21.9. The zero-order valence-electron chi connectivity index (χ0n) is 48.5. The molecule has 17 rings (SSSR count). The van der Waals surface area contributed by atoms with Gasteiger partial charge in [0.05, 0.1) is 38.8 Å². The van der Waals surface area contributed by atoms with Crippen molar-refractivity contribution >= 4 is 85.5 Å². The summed E-state index contributed by atoms with van der Waals surface area (Å²) in [5.41, 5.74) is 9.35. The fourth-order valence-electron chi connectivity index (χ4n) is 14.0. The first-order chi connectivity index (χ1) is 44.2. The first kappa shape index (κ1) is 52.4. The molecule has 0 aliphatic rings. The normalized spacial score (nSPS) is 12.4. The van der Waals surface area contributed by atoms with Gasteiger partial charge in [-0.3, -0.25) is 9.13 Å². The second-order valence-electron chi connectivity index (χ2n) is 22.5. The molecule has 0 saturated carbocycles. The molecule has 5 nitrogen and oxygen atoms in total. The Morgan fingerprint density at radius 3 is 1.11 bits per heavy atom. The van der Waals surface area contributed by atoms with E-state index < -0.39 is 20.1 Å². The molecule has 0 bridgehead atoms. The highest BCUT2D eigenvalue weighted by molar-refractivity contribution is 8.34. The van der Waals surface area contributed by atoms with Crippen LogP contribution in [0.25, 0.3) is 94.1 Å². The number of aromatic nitrogens is 5. The third-order valence-corrected chi connectivity index (χ3v) is 25.5. The van der Waals surface area contributed by atoms with Crippen LogP contribution in [0.5, 0.6) is 0 Å². The van der Waals surface area contributed by atoms with E-state index in [1.54, 1.807) is 0 Å². The summed E-state index contributed by atoms with van der Waals surface area (Å²) in [7, 11) is -3.96. The van der Waals surface area contributed by atoms with E-state index >= 15 is 0 Å². The average molecular weight is 1180 g/mol. The molecule has 4 heterocycles. The molecule has 0 unspecified atom stereocenters. The van der Waals surface area contributed by atoms with Crippen molar-refractivity contribution in [1.29, 1.82) is 0 Å². The standard InChI is InChI=1S/C82H57N5S2/c1-8-28-59(29-9-1)85-76-47-27-24-44-71(76)80-78(85)55-53-70-68-42-22-26-46-75(68)87(81(70)80)82-83-73(58-48-50-66(51-49-58)88(60-30-10-2-11-31-60,61-32-12-3-13-33-61)62-34-14-4-15-35-62)57-79(84-82)86-74-45-25-23-43-69(74)72-56-67(52-54-77(72)86)89(63-36-16-5-17-37-63,64-38-18-6-19-39-64)65-40-20-7-21-41-65/h1-57H. The maximum Gasteiger partial charge on any atom is 0.237 e. The summed E-state index contributed by atoms with van der Waals surface area (Å²) >= 11 is 0. The number of rotatable bonds is 12. The van der Waals surface area contributed by atoms with Crippen molar-refractivity contribution in [2.45, 2.75) is 39.2 Å². The van der Waals surface area contributed by atoms with Crippen LogP contribution in [0, 0.1) is 0 Å². The van der Waals surface area contributed by atoms with Crippen molar-refractivity contribution in [3.8, 4) is 28.7 Å². The van der Waals surface area contributed by atoms with Crippen molar-refractivity contribution in [2.24, 2.45) is 0 Å². The molecule has 0 atom stereocenters. The molecule has 422 valence electrons. The zero-order valence-corrected chi connectivity index (χ0v) is 50.1. The Hall–Kier alpha value is -11.0. The highest BCUT2D eigenvalue weighted by atomic mass is 32.3. The van der Waals surface area contributed by atoms with Gasteiger partial charge < -0.3 is 4.57 Å². The minimum absolute atomic E-state index is 0.581. The molecule has 0 saturated heterocycles. The molecule has 0 amide bonds. The third kappa shape index (κ3) is 8.20. The number of para-hydroxylation sites is 4. The van der Waals surface area contributed by atoms with Gasteiger partial charge in [-0.05, 0) is 140 Å². The SMILES string of the molecule is c1ccc(-n2c3ccccc3c3c2ccc2c4ccccc4n(-c4nc(-c5ccc(S(c6ccccc6)(c6ccccc6)c6ccccc6)cc5)cc(-n5c6ccccc6c6cc(S(c7ccccc7)(c7ccccc7)c7ccccc7)ccc65)n4)c23)cc1. The number of nitrogens with zero attached hydrogens (tertiary/aromatic N) is 5. The predicted octanol–water partition coefficient (Wildman–Crippen LogP) is 22.1. The molecule has 0 spiro atoms. The van der Waals surface area contributed by atoms with Gasteiger partial charge in [-0.25, -0.2) is 4.98 Å². The molecule has 13 aromatic carbocycles. The summed E-state index contributed by atoms with van der Waals surface area (Å²) in [5.74, 6) is 1.35. The molecular weight excluding hydrogens is 1120 g/mol. The summed E-state index contributed by atoms with van der Waals surface area (Å²) in [6, 6.07) is 127. The van der Waals surface area contributed by atoms with Gasteiger partial charge in [0.1, 0.15) is 5.82 Å². The molecule has 4 aromatic heterocycles. The molecule has 0 fully saturated rings. The van der Waals surface area contributed by atoms with Crippen molar-refractivity contribution in [1.82, 2.24) is 23.7 Å². The van der Waals surface area contributed by atoms with Crippen LogP contribution in [-0.2, 0) is 0 Å². The minimum atomic E-state index is -2.00. The van der Waals surface area contributed by atoms with Gasteiger partial charge in [0, 0.05) is 88.8 Å². The van der Waals surface area contributed by atoms with E-state index in [2.05, 4.69) is 359 Å². The summed E-state index contributed by atoms with van der Waals surface area (Å²) < 4.78 is 7.12. The molecule has 0 aliphatic carbocycles. The topological polar surface area (TPSA) is 40.6 Å². The Balaban J connectivity index is 0.952. The lowest BCUT2D eigenvalue weighted by molar-refractivity contribution is 0.953. The Morgan fingerprint density at radius 2 is 0.607 bits per heavy atom. The number of fused-ring (bicyclic) bond motifs is 10. The first-order valence-corrected chi connectivity index (χ1v) is 33.5. The lowest BCUT2D eigenvalue weighted by Gasteiger charge is -2.42. The Morgan fingerprint density at radius 1 is 0.236 bits per heavy atom. The average Bonchev–Trinajstić information content (AvgIpc) is 1.55. The Bertz CT molecular complexity index is 5270. The second kappa shape index (κ2) is 21.5. The van der Waals surface area contributed by atoms with Crippen molar-refractivity contribution in [2.75, 3.05) is 0 Å². The van der Waals surface area contributed by atoms with Gasteiger partial charge in [0.25, 0.3) is 0 Å². The van der Waals surface area contributed by atoms with Crippen LogP contribution < -0.4 is 0 Å². The van der Waals surface area contributed by atoms with Gasteiger partial charge in [-0.1, -0.05) is 200 Å².